The molecule has 2 aromatic rings. The third kappa shape index (κ3) is 4.41. The number of hydrogen-bond acceptors (Lipinski definition) is 2. The van der Waals surface area contributed by atoms with Crippen molar-refractivity contribution >= 4 is 23.2 Å². The SMILES string of the molecule is CCNCc1cccc(COc2ccc(Cl)cc2Cl)c1. The normalized spacial score (nSPS) is 10.6. The summed E-state index contributed by atoms with van der Waals surface area (Å²) in [5.74, 6) is 0.646. The highest BCUT2D eigenvalue weighted by Crippen LogP contribution is 2.28. The van der Waals surface area contributed by atoms with Crippen LogP contribution in [0.25, 0.3) is 0 Å². The second kappa shape index (κ2) is 7.53. The molecule has 0 aliphatic carbocycles. The first kappa shape index (κ1) is 15.2. The van der Waals surface area contributed by atoms with E-state index < -0.39 is 0 Å². The van der Waals surface area contributed by atoms with E-state index in [1.165, 1.54) is 5.56 Å². The Balaban J connectivity index is 1.99. The van der Waals surface area contributed by atoms with E-state index in [1.54, 1.807) is 18.2 Å². The third-order valence-corrected chi connectivity index (χ3v) is 3.39. The smallest absolute Gasteiger partial charge is 0.138 e. The summed E-state index contributed by atoms with van der Waals surface area (Å²) < 4.78 is 5.73. The molecule has 0 amide bonds. The Kier molecular flexibility index (Phi) is 5.72. The second-order valence-electron chi connectivity index (χ2n) is 4.46. The van der Waals surface area contributed by atoms with Crippen molar-refractivity contribution in [3.05, 3.63) is 63.6 Å². The fourth-order valence-electron chi connectivity index (χ4n) is 1.85. The molecule has 0 saturated carbocycles. The Bertz CT molecular complexity index is 572. The summed E-state index contributed by atoms with van der Waals surface area (Å²) in [5, 5.41) is 4.44. The van der Waals surface area contributed by atoms with Crippen molar-refractivity contribution in [2.45, 2.75) is 20.1 Å². The molecule has 0 aliphatic rings. The van der Waals surface area contributed by atoms with E-state index in [0.29, 0.717) is 22.4 Å². The lowest BCUT2D eigenvalue weighted by atomic mass is 10.1. The topological polar surface area (TPSA) is 21.3 Å². The van der Waals surface area contributed by atoms with Gasteiger partial charge in [0, 0.05) is 11.6 Å². The standard InChI is InChI=1S/C16H17Cl2NO/c1-2-19-10-12-4-3-5-13(8-12)11-20-16-7-6-14(17)9-15(16)18/h3-9,19H,2,10-11H2,1H3. The van der Waals surface area contributed by atoms with Gasteiger partial charge in [-0.05, 0) is 35.9 Å². The molecule has 0 aromatic heterocycles. The lowest BCUT2D eigenvalue weighted by Crippen LogP contribution is -2.11. The van der Waals surface area contributed by atoms with Gasteiger partial charge in [0.2, 0.25) is 0 Å². The van der Waals surface area contributed by atoms with Gasteiger partial charge in [-0.1, -0.05) is 54.4 Å². The molecular weight excluding hydrogens is 293 g/mol. The first-order chi connectivity index (χ1) is 9.69. The molecule has 0 radical (unpaired) electrons. The fraction of sp³-hybridized carbons (Fsp3) is 0.250. The average molecular weight is 310 g/mol. The van der Waals surface area contributed by atoms with E-state index in [2.05, 4.69) is 24.4 Å². The maximum Gasteiger partial charge on any atom is 0.138 e. The molecule has 0 spiro atoms. The van der Waals surface area contributed by atoms with Gasteiger partial charge >= 0.3 is 0 Å². The molecule has 4 heteroatoms. The van der Waals surface area contributed by atoms with Crippen LogP contribution in [-0.4, -0.2) is 6.54 Å². The van der Waals surface area contributed by atoms with Crippen molar-refractivity contribution in [3.63, 3.8) is 0 Å². The van der Waals surface area contributed by atoms with Gasteiger partial charge in [0.25, 0.3) is 0 Å². The number of ether oxygens (including phenoxy) is 1. The summed E-state index contributed by atoms with van der Waals surface area (Å²) in [7, 11) is 0. The first-order valence-electron chi connectivity index (χ1n) is 6.55. The van der Waals surface area contributed by atoms with Crippen LogP contribution in [0.2, 0.25) is 10.0 Å². The lowest BCUT2D eigenvalue weighted by Gasteiger charge is -2.09. The molecule has 106 valence electrons. The van der Waals surface area contributed by atoms with E-state index in [9.17, 15) is 0 Å². The summed E-state index contributed by atoms with van der Waals surface area (Å²) in [4.78, 5) is 0. The zero-order valence-corrected chi connectivity index (χ0v) is 12.8. The number of benzene rings is 2. The van der Waals surface area contributed by atoms with Crippen LogP contribution in [0, 0.1) is 0 Å². The Hall–Kier alpha value is -1.22. The molecule has 0 aliphatic heterocycles. The largest absolute Gasteiger partial charge is 0.487 e. The van der Waals surface area contributed by atoms with Crippen LogP contribution >= 0.6 is 23.2 Å². The Labute approximate surface area is 129 Å². The van der Waals surface area contributed by atoms with Gasteiger partial charge in [0.15, 0.2) is 0 Å². The van der Waals surface area contributed by atoms with E-state index in [0.717, 1.165) is 18.7 Å². The molecule has 0 saturated heterocycles. The van der Waals surface area contributed by atoms with E-state index in [4.69, 9.17) is 27.9 Å². The molecular formula is C16H17Cl2NO. The van der Waals surface area contributed by atoms with Crippen molar-refractivity contribution in [2.24, 2.45) is 0 Å². The van der Waals surface area contributed by atoms with Crippen LogP contribution < -0.4 is 10.1 Å². The van der Waals surface area contributed by atoms with Gasteiger partial charge in [-0.15, -0.1) is 0 Å². The molecule has 0 fully saturated rings. The Morgan fingerprint density at radius 2 is 1.85 bits per heavy atom. The van der Waals surface area contributed by atoms with Crippen LogP contribution in [0.3, 0.4) is 0 Å². The quantitative estimate of drug-likeness (QED) is 0.836. The number of nitrogens with one attached hydrogen (secondary N) is 1. The lowest BCUT2D eigenvalue weighted by molar-refractivity contribution is 0.306. The van der Waals surface area contributed by atoms with Crippen molar-refractivity contribution in [1.82, 2.24) is 5.32 Å². The van der Waals surface area contributed by atoms with Crippen LogP contribution in [-0.2, 0) is 13.2 Å². The summed E-state index contributed by atoms with van der Waals surface area (Å²) in [5.41, 5.74) is 2.36. The molecule has 2 rings (SSSR count). The molecule has 0 unspecified atom stereocenters. The molecule has 2 nitrogen and oxygen atoms in total. The highest BCUT2D eigenvalue weighted by Gasteiger charge is 2.03. The zero-order chi connectivity index (χ0) is 14.4. The summed E-state index contributed by atoms with van der Waals surface area (Å²) in [6.07, 6.45) is 0. The van der Waals surface area contributed by atoms with Crippen molar-refractivity contribution in [2.75, 3.05) is 6.54 Å². The minimum atomic E-state index is 0.487. The maximum absolute atomic E-state index is 6.08. The highest BCUT2D eigenvalue weighted by molar-refractivity contribution is 6.35. The Morgan fingerprint density at radius 1 is 1.05 bits per heavy atom. The molecule has 2 aromatic carbocycles. The van der Waals surface area contributed by atoms with Gasteiger partial charge in [0.1, 0.15) is 12.4 Å². The molecule has 20 heavy (non-hydrogen) atoms. The molecule has 0 heterocycles. The van der Waals surface area contributed by atoms with Crippen LogP contribution in [0.4, 0.5) is 0 Å². The van der Waals surface area contributed by atoms with Crippen LogP contribution in [0.15, 0.2) is 42.5 Å². The Morgan fingerprint density at radius 3 is 2.60 bits per heavy atom. The minimum absolute atomic E-state index is 0.487. The van der Waals surface area contributed by atoms with Crippen molar-refractivity contribution < 1.29 is 4.74 Å². The van der Waals surface area contributed by atoms with Gasteiger partial charge in [0.05, 0.1) is 5.02 Å². The highest BCUT2D eigenvalue weighted by atomic mass is 35.5. The summed E-state index contributed by atoms with van der Waals surface area (Å²) in [6, 6.07) is 13.5. The predicted octanol–water partition coefficient (Wildman–Crippen LogP) is 4.68. The van der Waals surface area contributed by atoms with Crippen molar-refractivity contribution in [1.29, 1.82) is 0 Å². The van der Waals surface area contributed by atoms with E-state index in [1.807, 2.05) is 12.1 Å². The minimum Gasteiger partial charge on any atom is -0.487 e. The third-order valence-electron chi connectivity index (χ3n) is 2.86. The number of halogens is 2. The first-order valence-corrected chi connectivity index (χ1v) is 7.31. The predicted molar refractivity (Wildman–Crippen MR) is 84.6 cm³/mol. The number of rotatable bonds is 6. The number of hydrogen-bond donors (Lipinski definition) is 1. The monoisotopic (exact) mass is 309 g/mol. The summed E-state index contributed by atoms with van der Waals surface area (Å²) >= 11 is 11.9. The van der Waals surface area contributed by atoms with Crippen molar-refractivity contribution in [3.8, 4) is 5.75 Å². The van der Waals surface area contributed by atoms with Gasteiger partial charge < -0.3 is 10.1 Å². The van der Waals surface area contributed by atoms with Gasteiger partial charge in [-0.2, -0.15) is 0 Å². The zero-order valence-electron chi connectivity index (χ0n) is 11.3. The van der Waals surface area contributed by atoms with E-state index in [-0.39, 0.29) is 0 Å². The van der Waals surface area contributed by atoms with Gasteiger partial charge in [-0.3, -0.25) is 0 Å². The van der Waals surface area contributed by atoms with Crippen LogP contribution in [0.1, 0.15) is 18.1 Å². The second-order valence-corrected chi connectivity index (χ2v) is 5.31. The molecule has 0 atom stereocenters. The van der Waals surface area contributed by atoms with Gasteiger partial charge in [-0.25, -0.2) is 0 Å². The maximum atomic E-state index is 6.08. The molecule has 1 N–H and O–H groups in total. The average Bonchev–Trinajstić information content (AvgIpc) is 2.45. The fourth-order valence-corrected chi connectivity index (χ4v) is 2.32. The summed E-state index contributed by atoms with van der Waals surface area (Å²) in [6.45, 7) is 4.41. The van der Waals surface area contributed by atoms with Crippen LogP contribution in [0.5, 0.6) is 5.75 Å². The van der Waals surface area contributed by atoms with E-state index >= 15 is 0 Å². The molecule has 0 bridgehead atoms.